The number of nitrogens with zero attached hydrogens (tertiary/aromatic N) is 1. The molecular weight excluding hydrogens is 404 g/mol. The monoisotopic (exact) mass is 430 g/mol. The van der Waals surface area contributed by atoms with Crippen molar-refractivity contribution in [1.29, 1.82) is 0 Å². The molecule has 29 heavy (non-hydrogen) atoms. The maximum absolute atomic E-state index is 12.3. The number of fused-ring (bicyclic) bond motifs is 2. The summed E-state index contributed by atoms with van der Waals surface area (Å²) < 4.78 is 24.7. The molecule has 1 heterocycles. The Morgan fingerprint density at radius 1 is 1.00 bits per heavy atom. The SMILES string of the molecule is O=C(CS(=O)(=O)C1CCCC1)NCCCN1c2ccccc2Sc2ccccc21. The molecule has 1 N–H and O–H groups in total. The molecule has 2 aliphatic rings. The number of sulfone groups is 1. The predicted octanol–water partition coefficient (Wildman–Crippen LogP) is 4.15. The van der Waals surface area contributed by atoms with Crippen molar-refractivity contribution in [2.75, 3.05) is 23.7 Å². The van der Waals surface area contributed by atoms with Gasteiger partial charge in [0.2, 0.25) is 5.91 Å². The molecule has 154 valence electrons. The Bertz CT molecular complexity index is 940. The van der Waals surface area contributed by atoms with Gasteiger partial charge in [-0.15, -0.1) is 0 Å². The summed E-state index contributed by atoms with van der Waals surface area (Å²) >= 11 is 1.77. The van der Waals surface area contributed by atoms with E-state index < -0.39 is 9.84 Å². The number of carbonyl (C=O) groups is 1. The van der Waals surface area contributed by atoms with E-state index in [1.54, 1.807) is 11.8 Å². The quantitative estimate of drug-likeness (QED) is 0.669. The lowest BCUT2D eigenvalue weighted by atomic mass is 10.2. The van der Waals surface area contributed by atoms with E-state index in [2.05, 4.69) is 34.5 Å². The van der Waals surface area contributed by atoms with Gasteiger partial charge in [0.05, 0.1) is 16.6 Å². The normalized spacial score (nSPS) is 16.3. The third-order valence-electron chi connectivity index (χ3n) is 5.56. The van der Waals surface area contributed by atoms with Crippen LogP contribution in [-0.2, 0) is 14.6 Å². The number of benzene rings is 2. The van der Waals surface area contributed by atoms with Crippen LogP contribution < -0.4 is 10.2 Å². The van der Waals surface area contributed by atoms with Crippen molar-refractivity contribution in [2.45, 2.75) is 47.1 Å². The third-order valence-corrected chi connectivity index (χ3v) is 8.84. The smallest absolute Gasteiger partial charge is 0.235 e. The summed E-state index contributed by atoms with van der Waals surface area (Å²) in [5.41, 5.74) is 2.35. The van der Waals surface area contributed by atoms with Crippen molar-refractivity contribution in [3.63, 3.8) is 0 Å². The Labute approximate surface area is 176 Å². The summed E-state index contributed by atoms with van der Waals surface area (Å²) in [6.45, 7) is 1.22. The minimum atomic E-state index is -3.32. The Morgan fingerprint density at radius 2 is 1.59 bits per heavy atom. The minimum Gasteiger partial charge on any atom is -0.355 e. The van der Waals surface area contributed by atoms with E-state index in [4.69, 9.17) is 0 Å². The molecular formula is C22H26N2O3S2. The zero-order valence-corrected chi connectivity index (χ0v) is 18.0. The molecule has 7 heteroatoms. The van der Waals surface area contributed by atoms with Gasteiger partial charge in [0.25, 0.3) is 0 Å². The van der Waals surface area contributed by atoms with Gasteiger partial charge in [-0.2, -0.15) is 0 Å². The molecule has 2 aromatic rings. The van der Waals surface area contributed by atoms with Crippen LogP contribution in [0.25, 0.3) is 0 Å². The first-order valence-corrected chi connectivity index (χ1v) is 12.7. The number of carbonyl (C=O) groups excluding carboxylic acids is 1. The summed E-state index contributed by atoms with van der Waals surface area (Å²) in [5, 5.41) is 2.47. The second-order valence-electron chi connectivity index (χ2n) is 7.61. The maximum Gasteiger partial charge on any atom is 0.235 e. The summed E-state index contributed by atoms with van der Waals surface area (Å²) in [7, 11) is -3.32. The lowest BCUT2D eigenvalue weighted by Crippen LogP contribution is -2.35. The highest BCUT2D eigenvalue weighted by Gasteiger charge is 2.30. The minimum absolute atomic E-state index is 0.327. The molecule has 1 amide bonds. The van der Waals surface area contributed by atoms with E-state index >= 15 is 0 Å². The van der Waals surface area contributed by atoms with E-state index in [1.807, 2.05) is 24.3 Å². The zero-order valence-electron chi connectivity index (χ0n) is 16.3. The summed E-state index contributed by atoms with van der Waals surface area (Å²) in [4.78, 5) is 16.9. The van der Waals surface area contributed by atoms with Crippen LogP contribution in [0.15, 0.2) is 58.3 Å². The van der Waals surface area contributed by atoms with Crippen LogP contribution >= 0.6 is 11.8 Å². The Balaban J connectivity index is 1.34. The molecule has 0 spiro atoms. The van der Waals surface area contributed by atoms with Gasteiger partial charge in [-0.05, 0) is 43.5 Å². The van der Waals surface area contributed by atoms with E-state index in [1.165, 1.54) is 21.2 Å². The molecule has 1 aliphatic carbocycles. The number of nitrogens with one attached hydrogen (secondary N) is 1. The third kappa shape index (κ3) is 4.61. The van der Waals surface area contributed by atoms with Gasteiger partial charge in [0.1, 0.15) is 5.75 Å². The average molecular weight is 431 g/mol. The van der Waals surface area contributed by atoms with Crippen molar-refractivity contribution >= 4 is 38.9 Å². The van der Waals surface area contributed by atoms with E-state index in [-0.39, 0.29) is 16.9 Å². The van der Waals surface area contributed by atoms with Crippen LogP contribution in [0.4, 0.5) is 11.4 Å². The first-order valence-electron chi connectivity index (χ1n) is 10.2. The highest BCUT2D eigenvalue weighted by Crippen LogP contribution is 2.47. The van der Waals surface area contributed by atoms with E-state index in [0.717, 1.165) is 25.8 Å². The lowest BCUT2D eigenvalue weighted by molar-refractivity contribution is -0.118. The zero-order chi connectivity index (χ0) is 20.3. The molecule has 2 aromatic carbocycles. The van der Waals surface area contributed by atoms with Crippen LogP contribution in [0.2, 0.25) is 0 Å². The summed E-state index contributed by atoms with van der Waals surface area (Å²) in [6, 6.07) is 16.6. The predicted molar refractivity (Wildman–Crippen MR) is 118 cm³/mol. The van der Waals surface area contributed by atoms with Crippen LogP contribution in [-0.4, -0.2) is 38.4 Å². The second kappa shape index (κ2) is 8.79. The average Bonchev–Trinajstić information content (AvgIpc) is 3.26. The highest BCUT2D eigenvalue weighted by molar-refractivity contribution is 7.99. The van der Waals surface area contributed by atoms with Crippen molar-refractivity contribution in [2.24, 2.45) is 0 Å². The molecule has 5 nitrogen and oxygen atoms in total. The van der Waals surface area contributed by atoms with Crippen molar-refractivity contribution in [1.82, 2.24) is 5.32 Å². The van der Waals surface area contributed by atoms with Gasteiger partial charge in [0.15, 0.2) is 9.84 Å². The fourth-order valence-corrected chi connectivity index (χ4v) is 6.94. The van der Waals surface area contributed by atoms with Crippen LogP contribution in [0, 0.1) is 0 Å². The van der Waals surface area contributed by atoms with Gasteiger partial charge in [-0.25, -0.2) is 8.42 Å². The van der Waals surface area contributed by atoms with Crippen molar-refractivity contribution in [3.8, 4) is 0 Å². The lowest BCUT2D eigenvalue weighted by Gasteiger charge is -2.32. The number of para-hydroxylation sites is 2. The number of anilines is 2. The maximum atomic E-state index is 12.3. The molecule has 0 bridgehead atoms. The van der Waals surface area contributed by atoms with Gasteiger partial charge in [0, 0.05) is 22.9 Å². The number of amides is 1. The van der Waals surface area contributed by atoms with E-state index in [9.17, 15) is 13.2 Å². The van der Waals surface area contributed by atoms with Crippen LogP contribution in [0.5, 0.6) is 0 Å². The fourth-order valence-electron chi connectivity index (χ4n) is 4.09. The molecule has 0 saturated heterocycles. The van der Waals surface area contributed by atoms with E-state index in [0.29, 0.717) is 19.4 Å². The summed E-state index contributed by atoms with van der Waals surface area (Å²) in [6.07, 6.45) is 4.02. The van der Waals surface area contributed by atoms with Gasteiger partial charge in [-0.1, -0.05) is 48.9 Å². The van der Waals surface area contributed by atoms with Gasteiger partial charge < -0.3 is 10.2 Å². The molecule has 0 unspecified atom stereocenters. The molecule has 1 aliphatic heterocycles. The molecule has 0 aromatic heterocycles. The summed E-state index contributed by atoms with van der Waals surface area (Å²) in [5.74, 6) is -0.768. The number of hydrogen-bond acceptors (Lipinski definition) is 5. The molecule has 1 fully saturated rings. The fraction of sp³-hybridized carbons (Fsp3) is 0.409. The van der Waals surface area contributed by atoms with Gasteiger partial charge >= 0.3 is 0 Å². The molecule has 4 rings (SSSR count). The Kier molecular flexibility index (Phi) is 6.15. The van der Waals surface area contributed by atoms with Crippen LogP contribution in [0.3, 0.4) is 0 Å². The van der Waals surface area contributed by atoms with Gasteiger partial charge in [-0.3, -0.25) is 4.79 Å². The topological polar surface area (TPSA) is 66.5 Å². The Morgan fingerprint density at radius 3 is 2.21 bits per heavy atom. The second-order valence-corrected chi connectivity index (χ2v) is 11.0. The number of hydrogen-bond donors (Lipinski definition) is 1. The largest absolute Gasteiger partial charge is 0.355 e. The first-order chi connectivity index (χ1) is 14.0. The van der Waals surface area contributed by atoms with Crippen molar-refractivity contribution in [3.05, 3.63) is 48.5 Å². The Hall–Kier alpha value is -1.99. The first kappa shape index (κ1) is 20.3. The highest BCUT2D eigenvalue weighted by atomic mass is 32.2. The molecule has 0 atom stereocenters. The van der Waals surface area contributed by atoms with Crippen LogP contribution in [0.1, 0.15) is 32.1 Å². The van der Waals surface area contributed by atoms with Crippen molar-refractivity contribution < 1.29 is 13.2 Å². The molecule has 0 radical (unpaired) electrons. The molecule has 1 saturated carbocycles. The standard InChI is InChI=1S/C22H26N2O3S2/c25-22(16-29(26,27)17-8-1-2-9-17)23-14-7-15-24-18-10-3-5-12-20(18)28-21-13-6-4-11-19(21)24/h3-6,10-13,17H,1-2,7-9,14-16H2,(H,23,25). The number of rotatable bonds is 7.